The molecule has 11 N–H and O–H groups in total. The molecule has 15 nitrogen and oxygen atoms in total. The Morgan fingerprint density at radius 2 is 0.758 bits per heavy atom. The zero-order valence-electron chi connectivity index (χ0n) is 20.0. The molecule has 0 heterocycles. The van der Waals surface area contributed by atoms with Crippen LogP contribution in [-0.4, -0.2) is 92.6 Å². The maximum Gasteiger partial charge on any atom is 0.303 e. The highest BCUT2D eigenvalue weighted by Crippen LogP contribution is 1.82. The van der Waals surface area contributed by atoms with Crippen LogP contribution in [-0.2, 0) is 28.8 Å². The second-order valence-electron chi connectivity index (χ2n) is 5.07. The Balaban J connectivity index is -0.0000000485. The second kappa shape index (κ2) is 46.8. The number of carbonyl (C=O) groups is 6. The molecular formula is C18H41N3O12. The molecule has 0 radical (unpaired) electrons. The molecule has 0 saturated heterocycles. The van der Waals surface area contributed by atoms with E-state index in [0.717, 1.165) is 54.1 Å². The first kappa shape index (κ1) is 47.5. The van der Waals surface area contributed by atoms with Gasteiger partial charge in [0, 0.05) is 67.2 Å². The summed E-state index contributed by atoms with van der Waals surface area (Å²) >= 11 is 0. The lowest BCUT2D eigenvalue weighted by atomic mass is 10.4. The van der Waals surface area contributed by atoms with Gasteiger partial charge in [-0.05, 0) is 6.42 Å². The van der Waals surface area contributed by atoms with E-state index in [4.69, 9.17) is 66.1 Å². The van der Waals surface area contributed by atoms with E-state index < -0.39 is 35.8 Å². The van der Waals surface area contributed by atoms with Crippen LogP contribution in [0.2, 0.25) is 0 Å². The Morgan fingerprint density at radius 3 is 0.818 bits per heavy atom. The van der Waals surface area contributed by atoms with E-state index in [-0.39, 0.29) is 0 Å². The van der Waals surface area contributed by atoms with Gasteiger partial charge in [0.15, 0.2) is 0 Å². The lowest BCUT2D eigenvalue weighted by molar-refractivity contribution is -0.137. The minimum Gasteiger partial charge on any atom is -0.481 e. The maximum absolute atomic E-state index is 9.60. The minimum atomic E-state index is -0.833. The van der Waals surface area contributed by atoms with Crippen molar-refractivity contribution < 1.29 is 59.4 Å². The van der Waals surface area contributed by atoms with E-state index in [0.29, 0.717) is 19.5 Å². The van der Waals surface area contributed by atoms with Gasteiger partial charge in [0.05, 0.1) is 0 Å². The predicted molar refractivity (Wildman–Crippen MR) is 120 cm³/mol. The molecule has 0 amide bonds. The fourth-order valence-corrected chi connectivity index (χ4v) is 0.543. The highest BCUT2D eigenvalue weighted by molar-refractivity contribution is 5.66. The highest BCUT2D eigenvalue weighted by atomic mass is 16.4. The van der Waals surface area contributed by atoms with Crippen molar-refractivity contribution in [3.63, 3.8) is 0 Å². The van der Waals surface area contributed by atoms with Crippen molar-refractivity contribution in [2.75, 3.05) is 26.2 Å². The van der Waals surface area contributed by atoms with Crippen LogP contribution in [0.4, 0.5) is 0 Å². The van der Waals surface area contributed by atoms with Crippen molar-refractivity contribution in [2.45, 2.75) is 54.4 Å². The maximum atomic E-state index is 9.60. The summed E-state index contributed by atoms with van der Waals surface area (Å²) in [5.74, 6) is -4.88. The van der Waals surface area contributed by atoms with Gasteiger partial charge in [-0.1, -0.05) is 6.92 Å². The molecule has 0 aromatic carbocycles. The monoisotopic (exact) mass is 491 g/mol. The molecule has 33 heavy (non-hydrogen) atoms. The van der Waals surface area contributed by atoms with E-state index in [9.17, 15) is 4.79 Å². The lowest BCUT2D eigenvalue weighted by Crippen LogP contribution is -2.27. The third kappa shape index (κ3) is 1490. The normalized spacial score (nSPS) is 7.27. The van der Waals surface area contributed by atoms with E-state index in [2.05, 4.69) is 5.32 Å². The SMILES string of the molecule is CC(=O)O.CC(=O)O.CC(=O)O.CC(=O)O.CC(=O)O.CCCC(=O)O.NCCNCCN. The molecule has 0 aliphatic rings. The van der Waals surface area contributed by atoms with Gasteiger partial charge in [-0.2, -0.15) is 0 Å². The topological polar surface area (TPSA) is 288 Å². The standard InChI is InChI=1S/C4H13N3.C4H8O2.5C2H4O2/c5-1-3-7-4-2-6;1-2-3-4(5)6;5*1-2(3)4/h7H,1-6H2;2-3H2,1H3,(H,5,6);5*1H3,(H,3,4). The van der Waals surface area contributed by atoms with Gasteiger partial charge in [-0.3, -0.25) is 28.8 Å². The zero-order valence-corrected chi connectivity index (χ0v) is 20.0. The molecule has 0 spiro atoms. The third-order valence-corrected chi connectivity index (χ3v) is 1.11. The Hall–Kier alpha value is -3.30. The van der Waals surface area contributed by atoms with Crippen LogP contribution in [0.3, 0.4) is 0 Å². The van der Waals surface area contributed by atoms with Crippen LogP contribution in [0, 0.1) is 0 Å². The number of carboxylic acids is 6. The molecule has 0 aromatic rings. The average molecular weight is 492 g/mol. The van der Waals surface area contributed by atoms with Gasteiger partial charge in [0.25, 0.3) is 29.8 Å². The molecule has 0 saturated carbocycles. The van der Waals surface area contributed by atoms with Crippen molar-refractivity contribution in [3.05, 3.63) is 0 Å². The van der Waals surface area contributed by atoms with Crippen molar-refractivity contribution in [1.29, 1.82) is 0 Å². The summed E-state index contributed by atoms with van der Waals surface area (Å²) < 4.78 is 0. The first-order valence-corrected chi connectivity index (χ1v) is 9.15. The molecule has 0 atom stereocenters. The molecule has 0 aliphatic heterocycles. The Bertz CT molecular complexity index is 393. The molecule has 15 heteroatoms. The Morgan fingerprint density at radius 1 is 0.576 bits per heavy atom. The number of nitrogens with two attached hydrogens (primary N) is 2. The van der Waals surface area contributed by atoms with Crippen LogP contribution in [0.15, 0.2) is 0 Å². The summed E-state index contributed by atoms with van der Waals surface area (Å²) in [7, 11) is 0. The third-order valence-electron chi connectivity index (χ3n) is 1.11. The highest BCUT2D eigenvalue weighted by Gasteiger charge is 1.87. The second-order valence-corrected chi connectivity index (χ2v) is 5.07. The fraction of sp³-hybridized carbons (Fsp3) is 0.667. The summed E-state index contributed by atoms with van der Waals surface area (Å²) in [6.07, 6.45) is 1.02. The van der Waals surface area contributed by atoms with Crippen LogP contribution in [0.25, 0.3) is 0 Å². The average Bonchev–Trinajstić information content (AvgIpc) is 2.53. The minimum absolute atomic E-state index is 0.292. The van der Waals surface area contributed by atoms with Crippen molar-refractivity contribution in [2.24, 2.45) is 11.5 Å². The Labute approximate surface area is 193 Å². The first-order chi connectivity index (χ1) is 14.8. The number of hydrogen-bond acceptors (Lipinski definition) is 9. The summed E-state index contributed by atoms with van der Waals surface area (Å²) in [6, 6.07) is 0. The Kier molecular flexibility index (Phi) is 67.3. The molecular weight excluding hydrogens is 450 g/mol. The quantitative estimate of drug-likeness (QED) is 0.218. The summed E-state index contributed by atoms with van der Waals surface area (Å²) in [4.78, 5) is 54.6. The fourth-order valence-electron chi connectivity index (χ4n) is 0.543. The molecule has 0 fully saturated rings. The van der Waals surface area contributed by atoms with E-state index in [1.807, 2.05) is 6.92 Å². The molecule has 0 aromatic heterocycles. The molecule has 0 bridgehead atoms. The zero-order chi connectivity index (χ0) is 28.4. The van der Waals surface area contributed by atoms with Crippen LogP contribution in [0.5, 0.6) is 0 Å². The van der Waals surface area contributed by atoms with Crippen molar-refractivity contribution in [3.8, 4) is 0 Å². The summed E-state index contributed by atoms with van der Waals surface area (Å²) in [5.41, 5.74) is 10.3. The number of hydrogen-bond donors (Lipinski definition) is 9. The van der Waals surface area contributed by atoms with Gasteiger partial charge >= 0.3 is 5.97 Å². The predicted octanol–water partition coefficient (Wildman–Crippen LogP) is -0.181. The van der Waals surface area contributed by atoms with Gasteiger partial charge < -0.3 is 47.4 Å². The van der Waals surface area contributed by atoms with Gasteiger partial charge in [-0.25, -0.2) is 0 Å². The smallest absolute Gasteiger partial charge is 0.303 e. The number of aliphatic carboxylic acids is 6. The number of carboxylic acid groups (broad SMARTS) is 6. The van der Waals surface area contributed by atoms with Crippen molar-refractivity contribution in [1.82, 2.24) is 5.32 Å². The first-order valence-electron chi connectivity index (χ1n) is 9.15. The van der Waals surface area contributed by atoms with Crippen LogP contribution in [0.1, 0.15) is 54.4 Å². The number of rotatable bonds is 6. The number of nitrogens with one attached hydrogen (secondary N) is 1. The lowest BCUT2D eigenvalue weighted by Gasteiger charge is -1.95. The van der Waals surface area contributed by atoms with Gasteiger partial charge in [0.1, 0.15) is 0 Å². The molecule has 0 aliphatic carbocycles. The summed E-state index contributed by atoms with van der Waals surface area (Å²) in [5, 5.41) is 48.0. The van der Waals surface area contributed by atoms with Gasteiger partial charge in [0.2, 0.25) is 0 Å². The van der Waals surface area contributed by atoms with E-state index in [1.54, 1.807) is 0 Å². The van der Waals surface area contributed by atoms with E-state index in [1.165, 1.54) is 0 Å². The molecule has 0 rings (SSSR count). The summed E-state index contributed by atoms with van der Waals surface area (Å²) in [6.45, 7) is 10.4. The largest absolute Gasteiger partial charge is 0.481 e. The van der Waals surface area contributed by atoms with Gasteiger partial charge in [-0.15, -0.1) is 0 Å². The molecule has 200 valence electrons. The molecule has 0 unspecified atom stereocenters. The van der Waals surface area contributed by atoms with E-state index >= 15 is 0 Å². The van der Waals surface area contributed by atoms with Crippen LogP contribution < -0.4 is 16.8 Å². The van der Waals surface area contributed by atoms with Crippen molar-refractivity contribution >= 4 is 35.8 Å². The van der Waals surface area contributed by atoms with Crippen LogP contribution >= 0.6 is 0 Å².